The average Bonchev–Trinajstić information content (AvgIpc) is 2.75. The first-order valence-corrected chi connectivity index (χ1v) is 8.14. The molecule has 3 rings (SSSR count). The van der Waals surface area contributed by atoms with Gasteiger partial charge in [0.2, 0.25) is 0 Å². The van der Waals surface area contributed by atoms with Crippen LogP contribution in [-0.2, 0) is 10.0 Å². The molecule has 6 nitrogen and oxygen atoms in total. The molecule has 0 unspecified atom stereocenters. The number of nitrogens with zero attached hydrogens (tertiary/aromatic N) is 1. The lowest BCUT2D eigenvalue weighted by Gasteiger charge is -2.07. The summed E-state index contributed by atoms with van der Waals surface area (Å²) in [6.07, 6.45) is 0. The van der Waals surface area contributed by atoms with E-state index in [4.69, 9.17) is 17.3 Å². The zero-order valence-corrected chi connectivity index (χ0v) is 13.1. The Morgan fingerprint density at radius 1 is 1.23 bits per heavy atom. The molecule has 3 N–H and O–H groups in total. The van der Waals surface area contributed by atoms with E-state index in [1.807, 2.05) is 0 Å². The van der Waals surface area contributed by atoms with Gasteiger partial charge in [-0.05, 0) is 42.8 Å². The van der Waals surface area contributed by atoms with Crippen LogP contribution in [0.2, 0.25) is 5.02 Å². The molecule has 0 aliphatic heterocycles. The van der Waals surface area contributed by atoms with Gasteiger partial charge in [-0.3, -0.25) is 0 Å². The largest absolute Gasteiger partial charge is 0.398 e. The summed E-state index contributed by atoms with van der Waals surface area (Å²) in [4.78, 5) is 14.6. The zero-order chi connectivity index (χ0) is 16.1. The Bertz CT molecular complexity index is 1050. The van der Waals surface area contributed by atoms with Crippen LogP contribution in [0, 0.1) is 6.92 Å². The Balaban J connectivity index is 2.37. The summed E-state index contributed by atoms with van der Waals surface area (Å²) in [6.45, 7) is 1.74. The van der Waals surface area contributed by atoms with E-state index in [1.165, 1.54) is 24.3 Å². The summed E-state index contributed by atoms with van der Waals surface area (Å²) in [5, 5.41) is 0.273. The van der Waals surface area contributed by atoms with Gasteiger partial charge in [-0.1, -0.05) is 17.7 Å². The predicted molar refractivity (Wildman–Crippen MR) is 85.7 cm³/mol. The number of fused-ring (bicyclic) bond motifs is 1. The van der Waals surface area contributed by atoms with Crippen molar-refractivity contribution in [1.29, 1.82) is 0 Å². The van der Waals surface area contributed by atoms with Crippen molar-refractivity contribution in [2.24, 2.45) is 0 Å². The molecule has 0 spiro atoms. The molecule has 0 fully saturated rings. The molecule has 1 heterocycles. The average molecular weight is 338 g/mol. The molecule has 1 aromatic heterocycles. The quantitative estimate of drug-likeness (QED) is 0.700. The van der Waals surface area contributed by atoms with Crippen molar-refractivity contribution >= 4 is 38.3 Å². The molecule has 0 aliphatic rings. The molecular weight excluding hydrogens is 326 g/mol. The Hall–Kier alpha value is -2.25. The van der Waals surface area contributed by atoms with Gasteiger partial charge in [-0.25, -0.2) is 13.2 Å². The summed E-state index contributed by atoms with van der Waals surface area (Å²) in [5.74, 6) is 0. The highest BCUT2D eigenvalue weighted by molar-refractivity contribution is 7.90. The molecule has 0 radical (unpaired) electrons. The van der Waals surface area contributed by atoms with E-state index < -0.39 is 15.7 Å². The number of hydrogen-bond donors (Lipinski definition) is 2. The number of anilines is 1. The van der Waals surface area contributed by atoms with Crippen molar-refractivity contribution in [2.75, 3.05) is 5.73 Å². The number of aromatic amines is 1. The van der Waals surface area contributed by atoms with Crippen LogP contribution >= 0.6 is 11.6 Å². The fraction of sp³-hybridized carbons (Fsp3) is 0.0714. The first kappa shape index (κ1) is 14.7. The highest BCUT2D eigenvalue weighted by Crippen LogP contribution is 2.23. The maximum atomic E-state index is 12.7. The number of nitrogen functional groups attached to an aromatic ring is 1. The van der Waals surface area contributed by atoms with Crippen molar-refractivity contribution < 1.29 is 8.42 Å². The van der Waals surface area contributed by atoms with Gasteiger partial charge in [0.25, 0.3) is 10.0 Å². The summed E-state index contributed by atoms with van der Waals surface area (Å²) >= 11 is 5.84. The second kappa shape index (κ2) is 4.89. The number of halogens is 1. The molecule has 22 heavy (non-hydrogen) atoms. The fourth-order valence-electron chi connectivity index (χ4n) is 2.22. The van der Waals surface area contributed by atoms with Gasteiger partial charge in [0.15, 0.2) is 0 Å². The van der Waals surface area contributed by atoms with Gasteiger partial charge in [0.05, 0.1) is 15.9 Å². The maximum absolute atomic E-state index is 12.7. The van der Waals surface area contributed by atoms with Crippen molar-refractivity contribution in [3.05, 3.63) is 57.5 Å². The van der Waals surface area contributed by atoms with Gasteiger partial charge in [0.1, 0.15) is 0 Å². The topological polar surface area (TPSA) is 97.9 Å². The first-order chi connectivity index (χ1) is 10.3. The number of benzene rings is 2. The molecule has 0 atom stereocenters. The van der Waals surface area contributed by atoms with E-state index in [0.29, 0.717) is 16.8 Å². The molecular formula is C14H12ClN3O3S. The molecule has 0 bridgehead atoms. The van der Waals surface area contributed by atoms with E-state index in [-0.39, 0.29) is 15.4 Å². The van der Waals surface area contributed by atoms with Crippen LogP contribution in [-0.4, -0.2) is 17.4 Å². The van der Waals surface area contributed by atoms with Gasteiger partial charge in [-0.15, -0.1) is 0 Å². The minimum absolute atomic E-state index is 0.0579. The second-order valence-corrected chi connectivity index (χ2v) is 7.11. The first-order valence-electron chi connectivity index (χ1n) is 6.33. The van der Waals surface area contributed by atoms with Crippen LogP contribution in [0.4, 0.5) is 5.69 Å². The predicted octanol–water partition coefficient (Wildman–Crippen LogP) is 2.11. The Kier molecular flexibility index (Phi) is 3.26. The molecule has 2 aromatic carbocycles. The number of aromatic nitrogens is 2. The van der Waals surface area contributed by atoms with Gasteiger partial charge in [-0.2, -0.15) is 3.97 Å². The van der Waals surface area contributed by atoms with Crippen LogP contribution in [0.15, 0.2) is 46.1 Å². The summed E-state index contributed by atoms with van der Waals surface area (Å²) in [7, 11) is -4.06. The number of aryl methyl sites for hydroxylation is 1. The summed E-state index contributed by atoms with van der Waals surface area (Å²) in [6, 6.07) is 8.85. The van der Waals surface area contributed by atoms with E-state index in [9.17, 15) is 13.2 Å². The number of H-pyrrole nitrogens is 1. The standard InChI is InChI=1S/C14H12ClN3O3S/c1-8-5-13-12(7-11(8)16)17-14(19)18(13)22(20,21)10-4-2-3-9(15)6-10/h2-7H,16H2,1H3,(H,17,19). The van der Waals surface area contributed by atoms with Crippen LogP contribution in [0.5, 0.6) is 0 Å². The lowest BCUT2D eigenvalue weighted by molar-refractivity contribution is 0.587. The van der Waals surface area contributed by atoms with E-state index in [2.05, 4.69) is 4.98 Å². The normalized spacial score (nSPS) is 11.9. The minimum Gasteiger partial charge on any atom is -0.398 e. The van der Waals surface area contributed by atoms with Gasteiger partial charge >= 0.3 is 5.69 Å². The number of nitrogens with one attached hydrogen (secondary N) is 1. The zero-order valence-electron chi connectivity index (χ0n) is 11.5. The highest BCUT2D eigenvalue weighted by atomic mass is 35.5. The molecule has 0 saturated heterocycles. The molecule has 8 heteroatoms. The van der Waals surface area contributed by atoms with E-state index in [1.54, 1.807) is 19.1 Å². The van der Waals surface area contributed by atoms with Crippen LogP contribution in [0.1, 0.15) is 5.56 Å². The van der Waals surface area contributed by atoms with Crippen LogP contribution in [0.3, 0.4) is 0 Å². The van der Waals surface area contributed by atoms with Crippen LogP contribution < -0.4 is 11.4 Å². The van der Waals surface area contributed by atoms with Crippen molar-refractivity contribution in [3.8, 4) is 0 Å². The Morgan fingerprint density at radius 2 is 1.95 bits per heavy atom. The highest BCUT2D eigenvalue weighted by Gasteiger charge is 2.23. The van der Waals surface area contributed by atoms with Gasteiger partial charge < -0.3 is 10.7 Å². The summed E-state index contributed by atoms with van der Waals surface area (Å²) in [5.41, 5.74) is 6.80. The van der Waals surface area contributed by atoms with E-state index >= 15 is 0 Å². The smallest absolute Gasteiger partial charge is 0.340 e. The van der Waals surface area contributed by atoms with Gasteiger partial charge in [0, 0.05) is 10.7 Å². The van der Waals surface area contributed by atoms with Crippen LogP contribution in [0.25, 0.3) is 11.0 Å². The SMILES string of the molecule is Cc1cc2c(cc1N)[nH]c(=O)n2S(=O)(=O)c1cccc(Cl)c1. The van der Waals surface area contributed by atoms with Crippen molar-refractivity contribution in [1.82, 2.24) is 8.96 Å². The fourth-order valence-corrected chi connectivity index (χ4v) is 3.89. The Labute approximate surface area is 131 Å². The monoisotopic (exact) mass is 337 g/mol. The molecule has 0 saturated carbocycles. The molecule has 3 aromatic rings. The van der Waals surface area contributed by atoms with Crippen molar-refractivity contribution in [3.63, 3.8) is 0 Å². The third-order valence-electron chi connectivity index (χ3n) is 3.36. The number of imidazole rings is 1. The number of nitrogens with two attached hydrogens (primary N) is 1. The number of rotatable bonds is 2. The maximum Gasteiger partial charge on any atom is 0.340 e. The second-order valence-electron chi connectivity index (χ2n) is 4.88. The lowest BCUT2D eigenvalue weighted by atomic mass is 10.2. The molecule has 114 valence electrons. The Morgan fingerprint density at radius 3 is 2.64 bits per heavy atom. The third-order valence-corrected chi connectivity index (χ3v) is 5.29. The summed E-state index contributed by atoms with van der Waals surface area (Å²) < 4.78 is 26.2. The lowest BCUT2D eigenvalue weighted by Crippen LogP contribution is -2.25. The number of hydrogen-bond acceptors (Lipinski definition) is 4. The third kappa shape index (κ3) is 2.18. The molecule has 0 aliphatic carbocycles. The van der Waals surface area contributed by atoms with E-state index in [0.717, 1.165) is 3.97 Å². The van der Waals surface area contributed by atoms with Crippen molar-refractivity contribution in [2.45, 2.75) is 11.8 Å². The molecule has 0 amide bonds. The minimum atomic E-state index is -4.06.